The molecule has 2 N–H and O–H groups in total. The van der Waals surface area contributed by atoms with E-state index >= 15 is 0 Å². The van der Waals surface area contributed by atoms with Gasteiger partial charge in [0.15, 0.2) is 0 Å². The van der Waals surface area contributed by atoms with E-state index in [2.05, 4.69) is 6.92 Å². The van der Waals surface area contributed by atoms with E-state index in [1.807, 2.05) is 6.07 Å². The summed E-state index contributed by atoms with van der Waals surface area (Å²) in [6.45, 7) is 2.24. The highest BCUT2D eigenvalue weighted by atomic mass is 35.5. The van der Waals surface area contributed by atoms with Gasteiger partial charge in [0, 0.05) is 5.54 Å². The van der Waals surface area contributed by atoms with Crippen LogP contribution in [0.5, 0.6) is 0 Å². The van der Waals surface area contributed by atoms with Crippen molar-refractivity contribution in [3.05, 3.63) is 34.6 Å². The highest BCUT2D eigenvalue weighted by molar-refractivity contribution is 6.31. The standard InChI is InChI=1S/C17H25ClFN/c1-2-5-13-6-4-10-17(20,11-9-13)12-14-7-3-8-15(19)16(14)18/h3,7-8,13H,2,4-6,9-12,20H2,1H3. The van der Waals surface area contributed by atoms with Gasteiger partial charge in [0.05, 0.1) is 5.02 Å². The first-order chi connectivity index (χ1) is 9.54. The van der Waals surface area contributed by atoms with Crippen LogP contribution in [0.15, 0.2) is 18.2 Å². The molecule has 1 aliphatic rings. The van der Waals surface area contributed by atoms with Gasteiger partial charge in [-0.2, -0.15) is 0 Å². The van der Waals surface area contributed by atoms with Crippen molar-refractivity contribution >= 4 is 11.6 Å². The molecule has 1 fully saturated rings. The predicted octanol–water partition coefficient (Wildman–Crippen LogP) is 5.10. The summed E-state index contributed by atoms with van der Waals surface area (Å²) in [5.41, 5.74) is 7.22. The summed E-state index contributed by atoms with van der Waals surface area (Å²) in [5.74, 6) is 0.471. The fraction of sp³-hybridized carbons (Fsp3) is 0.647. The second-order valence-corrected chi connectivity index (χ2v) is 6.72. The van der Waals surface area contributed by atoms with Crippen molar-refractivity contribution in [3.63, 3.8) is 0 Å². The summed E-state index contributed by atoms with van der Waals surface area (Å²) in [6.07, 6.45) is 8.91. The monoisotopic (exact) mass is 297 g/mol. The van der Waals surface area contributed by atoms with Crippen molar-refractivity contribution < 1.29 is 4.39 Å². The molecule has 0 amide bonds. The van der Waals surface area contributed by atoms with Crippen LogP contribution in [-0.4, -0.2) is 5.54 Å². The van der Waals surface area contributed by atoms with Gasteiger partial charge in [-0.25, -0.2) is 4.39 Å². The molecule has 0 aromatic heterocycles. The molecule has 0 radical (unpaired) electrons. The molecule has 20 heavy (non-hydrogen) atoms. The lowest BCUT2D eigenvalue weighted by atomic mass is 9.84. The molecule has 2 rings (SSSR count). The zero-order valence-electron chi connectivity index (χ0n) is 12.3. The quantitative estimate of drug-likeness (QED) is 0.769. The summed E-state index contributed by atoms with van der Waals surface area (Å²) < 4.78 is 13.5. The Bertz CT molecular complexity index is 449. The molecule has 1 aromatic rings. The number of hydrogen-bond donors (Lipinski definition) is 1. The van der Waals surface area contributed by atoms with Crippen molar-refractivity contribution in [2.45, 2.75) is 63.8 Å². The molecule has 1 nitrogen and oxygen atoms in total. The minimum Gasteiger partial charge on any atom is -0.325 e. The normalized spacial score (nSPS) is 27.3. The molecule has 1 aliphatic carbocycles. The van der Waals surface area contributed by atoms with Crippen LogP contribution >= 0.6 is 11.6 Å². The number of halogens is 2. The topological polar surface area (TPSA) is 26.0 Å². The molecule has 0 heterocycles. The average molecular weight is 298 g/mol. The Morgan fingerprint density at radius 2 is 2.15 bits per heavy atom. The largest absolute Gasteiger partial charge is 0.325 e. The molecule has 2 atom stereocenters. The maximum Gasteiger partial charge on any atom is 0.142 e. The van der Waals surface area contributed by atoms with Gasteiger partial charge in [0.2, 0.25) is 0 Å². The van der Waals surface area contributed by atoms with Gasteiger partial charge in [-0.05, 0) is 43.2 Å². The third kappa shape index (κ3) is 3.95. The van der Waals surface area contributed by atoms with Gasteiger partial charge in [-0.15, -0.1) is 0 Å². The van der Waals surface area contributed by atoms with Gasteiger partial charge >= 0.3 is 0 Å². The summed E-state index contributed by atoms with van der Waals surface area (Å²) in [7, 11) is 0. The fourth-order valence-electron chi connectivity index (χ4n) is 3.44. The lowest BCUT2D eigenvalue weighted by Gasteiger charge is -2.29. The summed E-state index contributed by atoms with van der Waals surface area (Å²) in [6, 6.07) is 5.02. The van der Waals surface area contributed by atoms with E-state index in [9.17, 15) is 4.39 Å². The van der Waals surface area contributed by atoms with Crippen LogP contribution in [0.3, 0.4) is 0 Å². The molecule has 112 valence electrons. The Balaban J connectivity index is 2.05. The number of nitrogens with two attached hydrogens (primary N) is 1. The maximum atomic E-state index is 13.5. The maximum absolute atomic E-state index is 13.5. The Kier molecular flexibility index (Phi) is 5.45. The van der Waals surface area contributed by atoms with E-state index in [1.54, 1.807) is 6.07 Å². The molecule has 2 unspecified atom stereocenters. The predicted molar refractivity (Wildman–Crippen MR) is 83.5 cm³/mol. The molecular formula is C17H25ClFN. The Morgan fingerprint density at radius 1 is 1.35 bits per heavy atom. The first kappa shape index (κ1) is 15.8. The number of benzene rings is 1. The van der Waals surface area contributed by atoms with Crippen LogP contribution in [0.25, 0.3) is 0 Å². The van der Waals surface area contributed by atoms with E-state index in [0.29, 0.717) is 6.42 Å². The van der Waals surface area contributed by atoms with Crippen LogP contribution in [0.4, 0.5) is 4.39 Å². The van der Waals surface area contributed by atoms with E-state index in [0.717, 1.165) is 24.3 Å². The number of hydrogen-bond acceptors (Lipinski definition) is 1. The third-order valence-electron chi connectivity index (χ3n) is 4.61. The summed E-state index contributed by atoms with van der Waals surface area (Å²) in [4.78, 5) is 0. The van der Waals surface area contributed by atoms with Gasteiger partial charge in [0.25, 0.3) is 0 Å². The van der Waals surface area contributed by atoms with Gasteiger partial charge < -0.3 is 5.73 Å². The zero-order valence-corrected chi connectivity index (χ0v) is 13.1. The average Bonchev–Trinajstić information content (AvgIpc) is 2.59. The minimum atomic E-state index is -0.342. The van der Waals surface area contributed by atoms with Crippen LogP contribution in [-0.2, 0) is 6.42 Å². The van der Waals surface area contributed by atoms with E-state index in [1.165, 1.54) is 38.2 Å². The van der Waals surface area contributed by atoms with Crippen LogP contribution in [0.1, 0.15) is 57.4 Å². The van der Waals surface area contributed by atoms with Crippen LogP contribution in [0.2, 0.25) is 5.02 Å². The molecular weight excluding hydrogens is 273 g/mol. The Morgan fingerprint density at radius 3 is 2.90 bits per heavy atom. The Labute approximate surface area is 126 Å². The second-order valence-electron chi connectivity index (χ2n) is 6.34. The minimum absolute atomic E-state index is 0.222. The van der Waals surface area contributed by atoms with Gasteiger partial charge in [0.1, 0.15) is 5.82 Å². The molecule has 1 saturated carbocycles. The van der Waals surface area contributed by atoms with Crippen LogP contribution < -0.4 is 5.73 Å². The fourth-order valence-corrected chi connectivity index (χ4v) is 3.63. The first-order valence-electron chi connectivity index (χ1n) is 7.76. The molecule has 0 spiro atoms. The lowest BCUT2D eigenvalue weighted by molar-refractivity contribution is 0.355. The molecule has 1 aromatic carbocycles. The SMILES string of the molecule is CCCC1CCCC(N)(Cc2cccc(F)c2Cl)CC1. The molecule has 0 saturated heterocycles. The third-order valence-corrected chi connectivity index (χ3v) is 5.03. The Hall–Kier alpha value is -0.600. The summed E-state index contributed by atoms with van der Waals surface area (Å²) >= 11 is 6.06. The van der Waals surface area contributed by atoms with E-state index < -0.39 is 0 Å². The highest BCUT2D eigenvalue weighted by Gasteiger charge is 2.30. The van der Waals surface area contributed by atoms with Crippen LogP contribution in [0, 0.1) is 11.7 Å². The van der Waals surface area contributed by atoms with E-state index in [4.69, 9.17) is 17.3 Å². The van der Waals surface area contributed by atoms with E-state index in [-0.39, 0.29) is 16.4 Å². The van der Waals surface area contributed by atoms with Crippen molar-refractivity contribution in [3.8, 4) is 0 Å². The van der Waals surface area contributed by atoms with Crippen molar-refractivity contribution in [2.24, 2.45) is 11.7 Å². The van der Waals surface area contributed by atoms with Gasteiger partial charge in [-0.3, -0.25) is 0 Å². The van der Waals surface area contributed by atoms with Gasteiger partial charge in [-0.1, -0.05) is 56.3 Å². The zero-order chi connectivity index (χ0) is 14.6. The van der Waals surface area contributed by atoms with Crippen molar-refractivity contribution in [2.75, 3.05) is 0 Å². The smallest absolute Gasteiger partial charge is 0.142 e. The van der Waals surface area contributed by atoms with Crippen molar-refractivity contribution in [1.82, 2.24) is 0 Å². The molecule has 3 heteroatoms. The molecule has 0 bridgehead atoms. The summed E-state index contributed by atoms with van der Waals surface area (Å²) in [5, 5.41) is 0.242. The molecule has 0 aliphatic heterocycles. The first-order valence-corrected chi connectivity index (χ1v) is 8.13. The lowest BCUT2D eigenvalue weighted by Crippen LogP contribution is -2.41. The second kappa shape index (κ2) is 6.91. The number of rotatable bonds is 4. The van der Waals surface area contributed by atoms with Crippen molar-refractivity contribution in [1.29, 1.82) is 0 Å². The highest BCUT2D eigenvalue weighted by Crippen LogP contribution is 2.34.